The van der Waals surface area contributed by atoms with Crippen LogP contribution in [0.3, 0.4) is 0 Å². The highest BCUT2D eigenvalue weighted by atomic mass is 16.6. The van der Waals surface area contributed by atoms with Crippen molar-refractivity contribution in [2.75, 3.05) is 67.0 Å². The van der Waals surface area contributed by atoms with Crippen molar-refractivity contribution in [3.63, 3.8) is 0 Å². The van der Waals surface area contributed by atoms with Crippen LogP contribution in [0.5, 0.6) is 0 Å². The number of ether oxygens (including phenoxy) is 5. The number of nitrogens with one attached hydrogen (secondary N) is 1. The van der Waals surface area contributed by atoms with Gasteiger partial charge >= 0.3 is 6.09 Å². The molecule has 0 aliphatic heterocycles. The summed E-state index contributed by atoms with van der Waals surface area (Å²) in [5.74, 6) is 0. The number of carbonyl (C=O) groups excluding carboxylic acids is 1. The number of rotatable bonds is 12. The largest absolute Gasteiger partial charge is 0.447 e. The maximum atomic E-state index is 10.7. The first kappa shape index (κ1) is 17.1. The van der Waals surface area contributed by atoms with Gasteiger partial charge in [-0.1, -0.05) is 0 Å². The van der Waals surface area contributed by atoms with Crippen LogP contribution in [0.2, 0.25) is 0 Å². The number of alkyl carbamates (subject to hydrolysis) is 1. The smallest absolute Gasteiger partial charge is 0.406 e. The Morgan fingerprint density at radius 2 is 1.28 bits per heavy atom. The second kappa shape index (κ2) is 14.2. The number of carbonyl (C=O) groups is 1. The van der Waals surface area contributed by atoms with Gasteiger partial charge in [0.1, 0.15) is 6.61 Å². The molecule has 0 fully saturated rings. The third-order valence-corrected chi connectivity index (χ3v) is 1.84. The van der Waals surface area contributed by atoms with Gasteiger partial charge in [0.25, 0.3) is 0 Å². The van der Waals surface area contributed by atoms with E-state index < -0.39 is 6.09 Å². The van der Waals surface area contributed by atoms with Gasteiger partial charge < -0.3 is 29.0 Å². The summed E-state index contributed by atoms with van der Waals surface area (Å²) in [6.45, 7) is 3.80. The Morgan fingerprint density at radius 3 is 1.72 bits per heavy atom. The predicted molar refractivity (Wildman–Crippen MR) is 64.7 cm³/mol. The fourth-order valence-corrected chi connectivity index (χ4v) is 0.950. The van der Waals surface area contributed by atoms with Gasteiger partial charge in [-0.05, 0) is 0 Å². The van der Waals surface area contributed by atoms with Crippen LogP contribution >= 0.6 is 0 Å². The van der Waals surface area contributed by atoms with Crippen LogP contribution in [0.15, 0.2) is 0 Å². The van der Waals surface area contributed by atoms with Crippen molar-refractivity contribution >= 4 is 6.09 Å². The molecule has 7 heteroatoms. The van der Waals surface area contributed by atoms with Crippen LogP contribution in [0, 0.1) is 0 Å². The number of amides is 1. The lowest BCUT2D eigenvalue weighted by molar-refractivity contribution is -0.00221. The van der Waals surface area contributed by atoms with Gasteiger partial charge in [0.05, 0.1) is 46.2 Å². The van der Waals surface area contributed by atoms with Crippen molar-refractivity contribution in [3.05, 3.63) is 0 Å². The summed E-state index contributed by atoms with van der Waals surface area (Å²) in [7, 11) is 3.14. The fourth-order valence-electron chi connectivity index (χ4n) is 0.950. The van der Waals surface area contributed by atoms with Crippen molar-refractivity contribution in [3.8, 4) is 0 Å². The molecule has 0 unspecified atom stereocenters. The predicted octanol–water partition coefficient (Wildman–Crippen LogP) is 0.0386. The average Bonchev–Trinajstić information content (AvgIpc) is 2.39. The van der Waals surface area contributed by atoms with Crippen LogP contribution in [0.1, 0.15) is 0 Å². The maximum Gasteiger partial charge on any atom is 0.406 e. The van der Waals surface area contributed by atoms with Gasteiger partial charge in [0.15, 0.2) is 0 Å². The molecule has 0 radical (unpaired) electrons. The lowest BCUT2D eigenvalue weighted by Gasteiger charge is -2.07. The Balaban J connectivity index is 2.97. The third-order valence-electron chi connectivity index (χ3n) is 1.84. The van der Waals surface area contributed by atoms with E-state index in [1.807, 2.05) is 0 Å². The third kappa shape index (κ3) is 13.2. The first-order valence-electron chi connectivity index (χ1n) is 5.88. The summed E-state index contributed by atoms with van der Waals surface area (Å²) in [6.07, 6.45) is -0.456. The SMILES string of the molecule is CNC(=O)OCCOCCOCCOCCOC. The van der Waals surface area contributed by atoms with Crippen molar-refractivity contribution in [1.29, 1.82) is 0 Å². The molecule has 0 atom stereocenters. The zero-order valence-corrected chi connectivity index (χ0v) is 11.1. The Labute approximate surface area is 108 Å². The van der Waals surface area contributed by atoms with Crippen LogP contribution in [-0.4, -0.2) is 73.1 Å². The highest BCUT2D eigenvalue weighted by molar-refractivity contribution is 5.66. The van der Waals surface area contributed by atoms with E-state index in [0.717, 1.165) is 0 Å². The van der Waals surface area contributed by atoms with E-state index in [1.165, 1.54) is 7.05 Å². The Morgan fingerprint density at radius 1 is 0.833 bits per heavy atom. The molecule has 0 heterocycles. The molecule has 0 rings (SSSR count). The summed E-state index contributed by atoms with van der Waals surface area (Å²) in [5.41, 5.74) is 0. The second-order valence-corrected chi connectivity index (χ2v) is 3.22. The van der Waals surface area contributed by atoms with Crippen molar-refractivity contribution < 1.29 is 28.5 Å². The molecular weight excluding hydrogens is 242 g/mol. The normalized spacial score (nSPS) is 10.3. The molecule has 7 nitrogen and oxygen atoms in total. The Hall–Kier alpha value is -0.890. The minimum atomic E-state index is -0.456. The molecule has 0 saturated heterocycles. The van der Waals surface area contributed by atoms with Crippen LogP contribution in [0.4, 0.5) is 4.79 Å². The highest BCUT2D eigenvalue weighted by Gasteiger charge is 1.96. The quantitative estimate of drug-likeness (QED) is 0.502. The zero-order chi connectivity index (χ0) is 13.5. The van der Waals surface area contributed by atoms with Gasteiger partial charge in [-0.15, -0.1) is 0 Å². The minimum absolute atomic E-state index is 0.236. The molecular formula is C11H23NO6. The molecule has 1 amide bonds. The first-order chi connectivity index (χ1) is 8.81. The van der Waals surface area contributed by atoms with Gasteiger partial charge in [-0.2, -0.15) is 0 Å². The zero-order valence-electron chi connectivity index (χ0n) is 11.1. The van der Waals surface area contributed by atoms with Gasteiger partial charge in [-0.3, -0.25) is 0 Å². The van der Waals surface area contributed by atoms with E-state index in [9.17, 15) is 4.79 Å². The maximum absolute atomic E-state index is 10.7. The van der Waals surface area contributed by atoms with Crippen LogP contribution < -0.4 is 5.32 Å². The average molecular weight is 265 g/mol. The summed E-state index contributed by atoms with van der Waals surface area (Å²) in [5, 5.41) is 2.34. The Kier molecular flexibility index (Phi) is 13.5. The van der Waals surface area contributed by atoms with E-state index >= 15 is 0 Å². The molecule has 0 aliphatic rings. The second-order valence-electron chi connectivity index (χ2n) is 3.22. The van der Waals surface area contributed by atoms with E-state index in [2.05, 4.69) is 5.32 Å². The molecule has 108 valence electrons. The summed E-state index contributed by atoms with van der Waals surface area (Å²) < 4.78 is 25.2. The lowest BCUT2D eigenvalue weighted by Crippen LogP contribution is -2.21. The summed E-state index contributed by atoms with van der Waals surface area (Å²) in [4.78, 5) is 10.7. The summed E-state index contributed by atoms with van der Waals surface area (Å²) >= 11 is 0. The van der Waals surface area contributed by atoms with Crippen LogP contribution in [-0.2, 0) is 23.7 Å². The standard InChI is InChI=1S/C11H23NO6/c1-12-11(13)18-10-9-17-8-7-16-6-5-15-4-3-14-2/h3-10H2,1-2H3,(H,12,13). The van der Waals surface area contributed by atoms with E-state index in [1.54, 1.807) is 7.11 Å². The number of methoxy groups -OCH3 is 1. The molecule has 0 spiro atoms. The van der Waals surface area contributed by atoms with Gasteiger partial charge in [0.2, 0.25) is 0 Å². The van der Waals surface area contributed by atoms with Crippen molar-refractivity contribution in [2.24, 2.45) is 0 Å². The molecule has 18 heavy (non-hydrogen) atoms. The van der Waals surface area contributed by atoms with E-state index in [0.29, 0.717) is 46.2 Å². The first-order valence-corrected chi connectivity index (χ1v) is 5.88. The van der Waals surface area contributed by atoms with E-state index in [4.69, 9.17) is 23.7 Å². The Bertz CT molecular complexity index is 190. The molecule has 0 aromatic rings. The molecule has 0 bridgehead atoms. The van der Waals surface area contributed by atoms with Crippen LogP contribution in [0.25, 0.3) is 0 Å². The van der Waals surface area contributed by atoms with Gasteiger partial charge in [0, 0.05) is 14.2 Å². The molecule has 0 aromatic heterocycles. The topological polar surface area (TPSA) is 75.3 Å². The number of hydrogen-bond donors (Lipinski definition) is 1. The van der Waals surface area contributed by atoms with Crippen molar-refractivity contribution in [1.82, 2.24) is 5.32 Å². The molecule has 0 aliphatic carbocycles. The molecule has 0 aromatic carbocycles. The summed E-state index contributed by atoms with van der Waals surface area (Å²) in [6, 6.07) is 0. The molecule has 0 saturated carbocycles. The monoisotopic (exact) mass is 265 g/mol. The fraction of sp³-hybridized carbons (Fsp3) is 0.909. The van der Waals surface area contributed by atoms with Gasteiger partial charge in [-0.25, -0.2) is 4.79 Å². The highest BCUT2D eigenvalue weighted by Crippen LogP contribution is 1.83. The van der Waals surface area contributed by atoms with Crippen molar-refractivity contribution in [2.45, 2.75) is 0 Å². The lowest BCUT2D eigenvalue weighted by atomic mass is 10.7. The minimum Gasteiger partial charge on any atom is -0.447 e. The molecule has 1 N–H and O–H groups in total. The number of hydrogen-bond acceptors (Lipinski definition) is 6. The van der Waals surface area contributed by atoms with E-state index in [-0.39, 0.29) is 6.61 Å².